The quantitative estimate of drug-likeness (QED) is 0.809. The second-order valence-corrected chi connectivity index (χ2v) is 5.98. The van der Waals surface area contributed by atoms with Gasteiger partial charge in [0.05, 0.1) is 15.6 Å². The number of rotatable bonds is 3. The second-order valence-electron chi connectivity index (χ2n) is 4.52. The summed E-state index contributed by atoms with van der Waals surface area (Å²) in [5, 5.41) is 4.74. The lowest BCUT2D eigenvalue weighted by Crippen LogP contribution is -2.38. The summed E-state index contributed by atoms with van der Waals surface area (Å²) in [7, 11) is 0. The largest absolute Gasteiger partial charge is 0.349 e. The molecule has 1 N–H and O–H groups in total. The van der Waals surface area contributed by atoms with Crippen molar-refractivity contribution in [3.05, 3.63) is 33.8 Å². The Kier molecular flexibility index (Phi) is 4.93. The van der Waals surface area contributed by atoms with Crippen molar-refractivity contribution in [2.24, 2.45) is 5.92 Å². The summed E-state index contributed by atoms with van der Waals surface area (Å²) in [6, 6.07) is 5.31. The highest BCUT2D eigenvalue weighted by molar-refractivity contribution is 9.09. The van der Waals surface area contributed by atoms with Crippen molar-refractivity contribution in [1.82, 2.24) is 5.32 Å². The summed E-state index contributed by atoms with van der Waals surface area (Å²) in [5.74, 6) is 0.318. The van der Waals surface area contributed by atoms with Crippen molar-refractivity contribution in [2.75, 3.05) is 5.33 Å². The van der Waals surface area contributed by atoms with Gasteiger partial charge in [-0.25, -0.2) is 0 Å². The number of nitrogens with one attached hydrogen (secondary N) is 1. The minimum absolute atomic E-state index is 0.177. The first kappa shape index (κ1) is 14.2. The van der Waals surface area contributed by atoms with Gasteiger partial charge in [0, 0.05) is 11.4 Å². The molecule has 0 spiro atoms. The number of hydrogen-bond acceptors (Lipinski definition) is 1. The summed E-state index contributed by atoms with van der Waals surface area (Å²) >= 11 is 15.5. The van der Waals surface area contributed by atoms with E-state index in [1.807, 2.05) is 0 Å². The number of hydrogen-bond donors (Lipinski definition) is 1. The average Bonchev–Trinajstić information content (AvgIpc) is 2.76. The molecular formula is C13H14BrCl2NO. The van der Waals surface area contributed by atoms with E-state index in [4.69, 9.17) is 23.2 Å². The maximum atomic E-state index is 12.2. The van der Waals surface area contributed by atoms with Crippen LogP contribution < -0.4 is 5.32 Å². The Balaban J connectivity index is 2.12. The molecule has 98 valence electrons. The third kappa shape index (κ3) is 3.01. The molecule has 1 aliphatic carbocycles. The van der Waals surface area contributed by atoms with Gasteiger partial charge in [0.1, 0.15) is 0 Å². The van der Waals surface area contributed by atoms with E-state index in [1.165, 1.54) is 0 Å². The van der Waals surface area contributed by atoms with Crippen LogP contribution in [0.4, 0.5) is 0 Å². The van der Waals surface area contributed by atoms with E-state index < -0.39 is 0 Å². The Labute approximate surface area is 125 Å². The number of amides is 1. The van der Waals surface area contributed by atoms with Gasteiger partial charge in [-0.15, -0.1) is 0 Å². The lowest BCUT2D eigenvalue weighted by atomic mass is 10.1. The highest BCUT2D eigenvalue weighted by atomic mass is 79.9. The van der Waals surface area contributed by atoms with Crippen LogP contribution in [0, 0.1) is 5.92 Å². The first-order chi connectivity index (χ1) is 8.63. The van der Waals surface area contributed by atoms with Crippen LogP contribution in [-0.4, -0.2) is 17.3 Å². The monoisotopic (exact) mass is 349 g/mol. The normalized spacial score (nSPS) is 23.1. The Morgan fingerprint density at radius 2 is 2.00 bits per heavy atom. The maximum absolute atomic E-state index is 12.2. The van der Waals surface area contributed by atoms with E-state index in [2.05, 4.69) is 21.2 Å². The van der Waals surface area contributed by atoms with Crippen LogP contribution in [0.3, 0.4) is 0 Å². The molecule has 0 saturated heterocycles. The lowest BCUT2D eigenvalue weighted by Gasteiger charge is -2.19. The molecule has 18 heavy (non-hydrogen) atoms. The van der Waals surface area contributed by atoms with Gasteiger partial charge in [-0.05, 0) is 30.9 Å². The number of carbonyl (C=O) groups excluding carboxylic acids is 1. The number of carbonyl (C=O) groups is 1. The van der Waals surface area contributed by atoms with Crippen LogP contribution in [-0.2, 0) is 0 Å². The number of benzene rings is 1. The van der Waals surface area contributed by atoms with Crippen molar-refractivity contribution >= 4 is 45.0 Å². The lowest BCUT2D eigenvalue weighted by molar-refractivity contribution is 0.0930. The number of halogens is 3. The van der Waals surface area contributed by atoms with Gasteiger partial charge in [-0.3, -0.25) is 4.79 Å². The first-order valence-electron chi connectivity index (χ1n) is 5.94. The Morgan fingerprint density at radius 3 is 2.61 bits per heavy atom. The minimum Gasteiger partial charge on any atom is -0.349 e. The van der Waals surface area contributed by atoms with E-state index in [9.17, 15) is 4.79 Å². The highest BCUT2D eigenvalue weighted by Gasteiger charge is 2.28. The van der Waals surface area contributed by atoms with Crippen LogP contribution in [0.1, 0.15) is 29.6 Å². The van der Waals surface area contributed by atoms with E-state index in [0.717, 1.165) is 24.6 Å². The predicted molar refractivity (Wildman–Crippen MR) is 78.9 cm³/mol. The van der Waals surface area contributed by atoms with Crippen molar-refractivity contribution in [3.63, 3.8) is 0 Å². The first-order valence-corrected chi connectivity index (χ1v) is 7.82. The molecule has 0 radical (unpaired) electrons. The molecule has 5 heteroatoms. The van der Waals surface area contributed by atoms with Crippen LogP contribution in [0.25, 0.3) is 0 Å². The van der Waals surface area contributed by atoms with Gasteiger partial charge < -0.3 is 5.32 Å². The van der Waals surface area contributed by atoms with Gasteiger partial charge >= 0.3 is 0 Å². The van der Waals surface area contributed by atoms with Crippen molar-refractivity contribution < 1.29 is 4.79 Å². The maximum Gasteiger partial charge on any atom is 0.254 e. The minimum atomic E-state index is -0.177. The van der Waals surface area contributed by atoms with Crippen molar-refractivity contribution in [1.29, 1.82) is 0 Å². The van der Waals surface area contributed by atoms with Gasteiger partial charge in [0.15, 0.2) is 0 Å². The fraction of sp³-hybridized carbons (Fsp3) is 0.462. The predicted octanol–water partition coefficient (Wildman–Crippen LogP) is 4.29. The molecule has 1 fully saturated rings. The Bertz CT molecular complexity index is 432. The molecule has 2 unspecified atom stereocenters. The van der Waals surface area contributed by atoms with E-state index in [1.54, 1.807) is 18.2 Å². The molecule has 0 bridgehead atoms. The molecule has 2 rings (SSSR count). The molecule has 1 saturated carbocycles. The van der Waals surface area contributed by atoms with Gasteiger partial charge in [0.2, 0.25) is 0 Å². The molecule has 1 aromatic carbocycles. The fourth-order valence-electron chi connectivity index (χ4n) is 2.37. The molecule has 1 aromatic rings. The highest BCUT2D eigenvalue weighted by Crippen LogP contribution is 2.29. The summed E-state index contributed by atoms with van der Waals surface area (Å²) in [6.07, 6.45) is 3.31. The Morgan fingerprint density at radius 1 is 1.33 bits per heavy atom. The average molecular weight is 351 g/mol. The van der Waals surface area contributed by atoms with Crippen LogP contribution in [0.5, 0.6) is 0 Å². The molecule has 1 amide bonds. The topological polar surface area (TPSA) is 29.1 Å². The zero-order chi connectivity index (χ0) is 13.1. The van der Waals surface area contributed by atoms with Crippen LogP contribution in [0.2, 0.25) is 10.0 Å². The van der Waals surface area contributed by atoms with Crippen LogP contribution in [0.15, 0.2) is 18.2 Å². The molecule has 0 aliphatic heterocycles. The SMILES string of the molecule is O=C(NC1CCCC1CBr)c1c(Cl)cccc1Cl. The smallest absolute Gasteiger partial charge is 0.254 e. The zero-order valence-electron chi connectivity index (χ0n) is 9.76. The summed E-state index contributed by atoms with van der Waals surface area (Å²) in [4.78, 5) is 12.2. The Hall–Kier alpha value is -0.250. The van der Waals surface area contributed by atoms with Crippen molar-refractivity contribution in [3.8, 4) is 0 Å². The standard InChI is InChI=1S/C13H14BrCl2NO/c14-7-8-3-1-6-11(8)17-13(18)12-9(15)4-2-5-10(12)16/h2,4-5,8,11H,1,3,6-7H2,(H,17,18). The van der Waals surface area contributed by atoms with Gasteiger partial charge in [-0.1, -0.05) is 51.6 Å². The van der Waals surface area contributed by atoms with E-state index in [0.29, 0.717) is 21.5 Å². The molecule has 1 aliphatic rings. The van der Waals surface area contributed by atoms with Gasteiger partial charge in [-0.2, -0.15) is 0 Å². The molecule has 0 aromatic heterocycles. The summed E-state index contributed by atoms with van der Waals surface area (Å²) in [5.41, 5.74) is 0.376. The molecule has 2 atom stereocenters. The van der Waals surface area contributed by atoms with Crippen molar-refractivity contribution in [2.45, 2.75) is 25.3 Å². The molecule has 2 nitrogen and oxygen atoms in total. The third-order valence-electron chi connectivity index (χ3n) is 3.36. The number of alkyl halides is 1. The second kappa shape index (κ2) is 6.27. The molecule has 0 heterocycles. The van der Waals surface area contributed by atoms with E-state index >= 15 is 0 Å². The van der Waals surface area contributed by atoms with E-state index in [-0.39, 0.29) is 11.9 Å². The zero-order valence-corrected chi connectivity index (χ0v) is 12.9. The summed E-state index contributed by atoms with van der Waals surface area (Å²) in [6.45, 7) is 0. The van der Waals surface area contributed by atoms with Crippen LogP contribution >= 0.6 is 39.1 Å². The summed E-state index contributed by atoms with van der Waals surface area (Å²) < 4.78 is 0. The van der Waals surface area contributed by atoms with Gasteiger partial charge in [0.25, 0.3) is 5.91 Å². The fourth-order valence-corrected chi connectivity index (χ4v) is 3.71. The molecular weight excluding hydrogens is 337 g/mol. The third-order valence-corrected chi connectivity index (χ3v) is 4.83.